The van der Waals surface area contributed by atoms with Gasteiger partial charge in [-0.05, 0) is 48.2 Å². The van der Waals surface area contributed by atoms with Crippen LogP contribution in [0.4, 0.5) is 22.4 Å². The zero-order valence-corrected chi connectivity index (χ0v) is 21.2. The van der Waals surface area contributed by atoms with Crippen LogP contribution in [0.3, 0.4) is 0 Å². The van der Waals surface area contributed by atoms with Crippen molar-refractivity contribution >= 4 is 17.6 Å². The number of halogens is 5. The molecular formula is C28H28ClF4N3O2. The standard InChI is InChI=1S/C28H28ClF4N3O2/c29-21-14-15-24(34-18-21)27(17-19-8-3-1-4-9-19,36-26(37)35-22-11-5-2-6-12-22)20-10-7-13-23(16-20)38-28(32,33)25(30)31/h1,3-4,7-10,13-16,18,22,25H,2,5-6,11-12,17H2,(H2,35,36,37). The summed E-state index contributed by atoms with van der Waals surface area (Å²) in [5.74, 6) is -0.478. The zero-order chi connectivity index (χ0) is 27.2. The van der Waals surface area contributed by atoms with Crippen molar-refractivity contribution in [2.75, 3.05) is 0 Å². The molecule has 0 bridgehead atoms. The number of carbonyl (C=O) groups is 1. The second-order valence-corrected chi connectivity index (χ2v) is 9.79. The summed E-state index contributed by atoms with van der Waals surface area (Å²) in [6, 6.07) is 17.4. The van der Waals surface area contributed by atoms with E-state index in [9.17, 15) is 22.4 Å². The highest BCUT2D eigenvalue weighted by Gasteiger charge is 2.44. The highest BCUT2D eigenvalue weighted by atomic mass is 35.5. The Hall–Kier alpha value is -3.33. The molecule has 4 rings (SSSR count). The van der Waals surface area contributed by atoms with Gasteiger partial charge in [0.25, 0.3) is 0 Å². The molecule has 0 spiro atoms. The SMILES string of the molecule is O=C(NC1CCCCC1)NC(Cc1ccccc1)(c1cccc(OC(F)(F)C(F)F)c1)c1ccc(Cl)cn1. The predicted octanol–water partition coefficient (Wildman–Crippen LogP) is 7.09. The average Bonchev–Trinajstić information content (AvgIpc) is 2.89. The van der Waals surface area contributed by atoms with Gasteiger partial charge in [0.1, 0.15) is 11.3 Å². The lowest BCUT2D eigenvalue weighted by Crippen LogP contribution is -2.54. The Bertz CT molecular complexity index is 1210. The van der Waals surface area contributed by atoms with Crippen LogP contribution < -0.4 is 15.4 Å². The molecule has 0 aliphatic heterocycles. The first kappa shape index (κ1) is 27.7. The molecule has 0 saturated heterocycles. The van der Waals surface area contributed by atoms with Crippen LogP contribution in [0.2, 0.25) is 5.02 Å². The fourth-order valence-corrected chi connectivity index (χ4v) is 4.85. The number of carbonyl (C=O) groups excluding carboxylic acids is 1. The molecule has 1 fully saturated rings. The lowest BCUT2D eigenvalue weighted by molar-refractivity contribution is -0.253. The normalized spacial score (nSPS) is 16.1. The van der Waals surface area contributed by atoms with Crippen molar-refractivity contribution < 1.29 is 27.1 Å². The van der Waals surface area contributed by atoms with E-state index in [0.717, 1.165) is 43.7 Å². The summed E-state index contributed by atoms with van der Waals surface area (Å²) < 4.78 is 57.6. The second kappa shape index (κ2) is 12.0. The molecule has 1 saturated carbocycles. The molecule has 0 radical (unpaired) electrons. The van der Waals surface area contributed by atoms with Gasteiger partial charge < -0.3 is 15.4 Å². The first-order valence-electron chi connectivity index (χ1n) is 12.4. The predicted molar refractivity (Wildman–Crippen MR) is 137 cm³/mol. The van der Waals surface area contributed by atoms with E-state index in [-0.39, 0.29) is 12.5 Å². The van der Waals surface area contributed by atoms with Gasteiger partial charge in [-0.3, -0.25) is 4.98 Å². The monoisotopic (exact) mass is 549 g/mol. The molecule has 2 amide bonds. The van der Waals surface area contributed by atoms with Crippen molar-refractivity contribution in [3.8, 4) is 5.75 Å². The third-order valence-corrected chi connectivity index (χ3v) is 6.80. The van der Waals surface area contributed by atoms with E-state index in [1.165, 1.54) is 18.3 Å². The van der Waals surface area contributed by atoms with Crippen LogP contribution in [-0.2, 0) is 12.0 Å². The molecule has 38 heavy (non-hydrogen) atoms. The number of hydrogen-bond donors (Lipinski definition) is 2. The van der Waals surface area contributed by atoms with Crippen LogP contribution in [-0.4, -0.2) is 29.6 Å². The fraction of sp³-hybridized carbons (Fsp3) is 0.357. The Morgan fingerprint density at radius 3 is 2.42 bits per heavy atom. The number of pyridine rings is 1. The van der Waals surface area contributed by atoms with Crippen molar-refractivity contribution in [1.29, 1.82) is 0 Å². The molecule has 5 nitrogen and oxygen atoms in total. The van der Waals surface area contributed by atoms with E-state index in [1.54, 1.807) is 18.2 Å². The summed E-state index contributed by atoms with van der Waals surface area (Å²) in [7, 11) is 0. The number of urea groups is 1. The van der Waals surface area contributed by atoms with Crippen LogP contribution in [0.1, 0.15) is 48.9 Å². The minimum absolute atomic E-state index is 0.00393. The number of ether oxygens (including phenoxy) is 1. The van der Waals surface area contributed by atoms with Crippen molar-refractivity contribution in [3.05, 3.63) is 94.8 Å². The molecule has 202 valence electrons. The first-order valence-corrected chi connectivity index (χ1v) is 12.8. The summed E-state index contributed by atoms with van der Waals surface area (Å²) >= 11 is 6.09. The maximum Gasteiger partial charge on any atom is 0.461 e. The third kappa shape index (κ3) is 6.75. The number of benzene rings is 2. The van der Waals surface area contributed by atoms with Crippen LogP contribution in [0.15, 0.2) is 72.9 Å². The quantitative estimate of drug-likeness (QED) is 0.280. The molecule has 1 aliphatic rings. The number of rotatable bonds is 9. The summed E-state index contributed by atoms with van der Waals surface area (Å²) in [5.41, 5.74) is 0.121. The minimum Gasteiger partial charge on any atom is -0.428 e. The number of hydrogen-bond acceptors (Lipinski definition) is 3. The summed E-state index contributed by atoms with van der Waals surface area (Å²) in [6.45, 7) is 0. The molecule has 1 aromatic heterocycles. The van der Waals surface area contributed by atoms with Crippen LogP contribution in [0.5, 0.6) is 5.75 Å². The van der Waals surface area contributed by atoms with Crippen molar-refractivity contribution in [2.24, 2.45) is 0 Å². The first-order chi connectivity index (χ1) is 18.2. The number of alkyl halides is 4. The van der Waals surface area contributed by atoms with Gasteiger partial charge in [0.2, 0.25) is 0 Å². The summed E-state index contributed by atoms with van der Waals surface area (Å²) in [5, 5.41) is 6.43. The van der Waals surface area contributed by atoms with Crippen molar-refractivity contribution in [1.82, 2.24) is 15.6 Å². The maximum atomic E-state index is 13.8. The molecule has 1 unspecified atom stereocenters. The van der Waals surface area contributed by atoms with Crippen LogP contribution in [0.25, 0.3) is 0 Å². The number of nitrogens with zero attached hydrogens (tertiary/aromatic N) is 1. The summed E-state index contributed by atoms with van der Waals surface area (Å²) in [4.78, 5) is 17.9. The largest absolute Gasteiger partial charge is 0.461 e. The molecule has 10 heteroatoms. The number of aromatic nitrogens is 1. The second-order valence-electron chi connectivity index (χ2n) is 9.36. The Balaban J connectivity index is 1.80. The highest BCUT2D eigenvalue weighted by molar-refractivity contribution is 6.30. The van der Waals surface area contributed by atoms with Crippen LogP contribution in [0, 0.1) is 0 Å². The van der Waals surface area contributed by atoms with Crippen molar-refractivity contribution in [3.63, 3.8) is 0 Å². The van der Waals surface area contributed by atoms with Gasteiger partial charge >= 0.3 is 18.6 Å². The Labute approximate surface area is 223 Å². The molecule has 1 atom stereocenters. The maximum absolute atomic E-state index is 13.8. The number of nitrogens with one attached hydrogen (secondary N) is 2. The van der Waals surface area contributed by atoms with Gasteiger partial charge in [-0.25, -0.2) is 4.79 Å². The van der Waals surface area contributed by atoms with Gasteiger partial charge in [-0.1, -0.05) is 73.3 Å². The Kier molecular flexibility index (Phi) is 8.76. The molecule has 3 aromatic rings. The highest BCUT2D eigenvalue weighted by Crippen LogP contribution is 2.36. The van der Waals surface area contributed by atoms with Gasteiger partial charge in [-0.15, -0.1) is 0 Å². The van der Waals surface area contributed by atoms with E-state index < -0.39 is 29.9 Å². The van der Waals surface area contributed by atoms with Gasteiger partial charge in [-0.2, -0.15) is 17.6 Å². The zero-order valence-electron chi connectivity index (χ0n) is 20.5. The third-order valence-electron chi connectivity index (χ3n) is 6.58. The van der Waals surface area contributed by atoms with Crippen LogP contribution >= 0.6 is 11.6 Å². The Morgan fingerprint density at radius 1 is 1.03 bits per heavy atom. The molecule has 1 heterocycles. The smallest absolute Gasteiger partial charge is 0.428 e. The molecule has 2 aromatic carbocycles. The van der Waals surface area contributed by atoms with E-state index in [4.69, 9.17) is 11.6 Å². The van der Waals surface area contributed by atoms with Gasteiger partial charge in [0.05, 0.1) is 10.7 Å². The lowest BCUT2D eigenvalue weighted by atomic mass is 9.80. The molecule has 2 N–H and O–H groups in total. The fourth-order valence-electron chi connectivity index (χ4n) is 4.74. The average molecular weight is 550 g/mol. The van der Waals surface area contributed by atoms with E-state index in [1.807, 2.05) is 30.3 Å². The van der Waals surface area contributed by atoms with E-state index >= 15 is 0 Å². The summed E-state index contributed by atoms with van der Waals surface area (Å²) in [6.07, 6.45) is -2.27. The minimum atomic E-state index is -4.69. The molecular weight excluding hydrogens is 522 g/mol. The molecule has 1 aliphatic carbocycles. The van der Waals surface area contributed by atoms with Gasteiger partial charge in [0, 0.05) is 18.7 Å². The van der Waals surface area contributed by atoms with Gasteiger partial charge in [0.15, 0.2) is 0 Å². The van der Waals surface area contributed by atoms with E-state index in [0.29, 0.717) is 16.3 Å². The topological polar surface area (TPSA) is 63.2 Å². The van der Waals surface area contributed by atoms with E-state index in [2.05, 4.69) is 20.4 Å². The Morgan fingerprint density at radius 2 is 1.76 bits per heavy atom. The lowest BCUT2D eigenvalue weighted by Gasteiger charge is -2.36. The number of amides is 2. The van der Waals surface area contributed by atoms with Crippen molar-refractivity contribution in [2.45, 2.75) is 62.6 Å².